The number of nitrogens with zero attached hydrogens (tertiary/aromatic N) is 4. The highest BCUT2D eigenvalue weighted by molar-refractivity contribution is 5.84. The van der Waals surface area contributed by atoms with Gasteiger partial charge in [0, 0.05) is 36.8 Å². The Morgan fingerprint density at radius 1 is 1.09 bits per heavy atom. The number of fused-ring (bicyclic) bond motifs is 1. The van der Waals surface area contributed by atoms with E-state index in [0.717, 1.165) is 40.9 Å². The van der Waals surface area contributed by atoms with Crippen molar-refractivity contribution in [2.75, 3.05) is 24.6 Å². The quantitative estimate of drug-likeness (QED) is 0.435. The maximum atomic E-state index is 12.6. The van der Waals surface area contributed by atoms with E-state index in [2.05, 4.69) is 81.8 Å². The maximum Gasteiger partial charge on any atom is 0.226 e. The van der Waals surface area contributed by atoms with Gasteiger partial charge in [-0.1, -0.05) is 54.1 Å². The summed E-state index contributed by atoms with van der Waals surface area (Å²) in [6.45, 7) is 4.10. The summed E-state index contributed by atoms with van der Waals surface area (Å²) in [6.07, 6.45) is 5.69. The van der Waals surface area contributed by atoms with E-state index in [0.29, 0.717) is 19.6 Å². The molecule has 4 aromatic rings. The van der Waals surface area contributed by atoms with Gasteiger partial charge in [0.2, 0.25) is 5.91 Å². The molecule has 178 valence electrons. The van der Waals surface area contributed by atoms with E-state index in [1.807, 2.05) is 10.7 Å². The van der Waals surface area contributed by atoms with Crippen LogP contribution in [0.4, 0.5) is 5.82 Å². The molecule has 35 heavy (non-hydrogen) atoms. The van der Waals surface area contributed by atoms with Crippen LogP contribution < -0.4 is 10.2 Å². The van der Waals surface area contributed by atoms with Crippen LogP contribution in [0.25, 0.3) is 16.6 Å². The van der Waals surface area contributed by atoms with Crippen LogP contribution in [0.15, 0.2) is 67.1 Å². The van der Waals surface area contributed by atoms with Crippen molar-refractivity contribution < 1.29 is 9.90 Å². The molecule has 7 nitrogen and oxygen atoms in total. The number of hydrogen-bond acceptors (Lipinski definition) is 5. The third-order valence-electron chi connectivity index (χ3n) is 7.51. The number of aliphatic hydroxyl groups excluding tert-OH is 1. The van der Waals surface area contributed by atoms with E-state index in [9.17, 15) is 9.90 Å². The molecular formula is C28H29N5O2. The summed E-state index contributed by atoms with van der Waals surface area (Å²) >= 11 is 0. The van der Waals surface area contributed by atoms with E-state index >= 15 is 0 Å². The first kappa shape index (κ1) is 21.8. The van der Waals surface area contributed by atoms with Crippen molar-refractivity contribution in [1.29, 1.82) is 0 Å². The Hall–Kier alpha value is -3.71. The molecule has 2 fully saturated rings. The first-order valence-corrected chi connectivity index (χ1v) is 12.2. The van der Waals surface area contributed by atoms with Crippen LogP contribution in [-0.4, -0.2) is 45.3 Å². The number of benzene rings is 2. The topological polar surface area (TPSA) is 82.8 Å². The third kappa shape index (κ3) is 4.06. The van der Waals surface area contributed by atoms with Crippen LogP contribution in [0, 0.1) is 12.8 Å². The predicted octanol–water partition coefficient (Wildman–Crippen LogP) is 3.48. The van der Waals surface area contributed by atoms with Gasteiger partial charge in [-0.25, -0.2) is 9.50 Å². The van der Waals surface area contributed by atoms with Gasteiger partial charge in [0.05, 0.1) is 12.5 Å². The Kier molecular flexibility index (Phi) is 5.29. The van der Waals surface area contributed by atoms with Crippen molar-refractivity contribution in [3.63, 3.8) is 0 Å². The summed E-state index contributed by atoms with van der Waals surface area (Å²) < 4.78 is 1.85. The second kappa shape index (κ2) is 8.50. The molecular weight excluding hydrogens is 438 g/mol. The van der Waals surface area contributed by atoms with Crippen LogP contribution in [0.5, 0.6) is 0 Å². The van der Waals surface area contributed by atoms with Gasteiger partial charge in [-0.15, -0.1) is 0 Å². The Morgan fingerprint density at radius 2 is 1.83 bits per heavy atom. The molecule has 7 heteroatoms. The van der Waals surface area contributed by atoms with Gasteiger partial charge in [0.25, 0.3) is 0 Å². The number of aryl methyl sites for hydroxylation is 1. The molecule has 1 saturated carbocycles. The lowest BCUT2D eigenvalue weighted by molar-refractivity contribution is -0.125. The molecule has 0 radical (unpaired) electrons. The average Bonchev–Trinajstić information content (AvgIpc) is 3.53. The average molecular weight is 468 g/mol. The fourth-order valence-corrected chi connectivity index (χ4v) is 4.88. The van der Waals surface area contributed by atoms with Gasteiger partial charge >= 0.3 is 0 Å². The molecule has 2 aromatic heterocycles. The van der Waals surface area contributed by atoms with E-state index < -0.39 is 0 Å². The van der Waals surface area contributed by atoms with Gasteiger partial charge in [-0.2, -0.15) is 5.10 Å². The second-order valence-corrected chi connectivity index (χ2v) is 9.96. The maximum absolute atomic E-state index is 12.6. The molecule has 2 aliphatic rings. The zero-order chi connectivity index (χ0) is 24.0. The minimum Gasteiger partial charge on any atom is -0.395 e. The fraction of sp³-hybridized carbons (Fsp3) is 0.321. The highest BCUT2D eigenvalue weighted by atomic mass is 16.3. The standard InChI is InChI=1S/C28H29N5O2/c1-19-2-4-20(5-3-19)13-29-27(35)23-14-32(15-23)26-25-12-22(16-33(25)31-18-30-26)21-6-8-24(9-7-21)28(17-34)10-11-28/h2-9,12,16,18,23,34H,10-11,13-15,17H2,1H3,(H,29,35). The second-order valence-electron chi connectivity index (χ2n) is 9.96. The number of amides is 1. The number of anilines is 1. The highest BCUT2D eigenvalue weighted by Gasteiger charge is 2.43. The van der Waals surface area contributed by atoms with Gasteiger partial charge in [-0.05, 0) is 42.5 Å². The van der Waals surface area contributed by atoms with Crippen molar-refractivity contribution in [2.24, 2.45) is 5.92 Å². The molecule has 0 bridgehead atoms. The molecule has 2 aromatic carbocycles. The van der Waals surface area contributed by atoms with E-state index in [1.165, 1.54) is 11.1 Å². The molecule has 0 spiro atoms. The molecule has 0 unspecified atom stereocenters. The molecule has 1 aliphatic carbocycles. The van der Waals surface area contributed by atoms with E-state index in [-0.39, 0.29) is 23.8 Å². The summed E-state index contributed by atoms with van der Waals surface area (Å²) in [4.78, 5) is 19.3. The summed E-state index contributed by atoms with van der Waals surface area (Å²) in [5.74, 6) is 0.890. The van der Waals surface area contributed by atoms with Crippen LogP contribution >= 0.6 is 0 Å². The number of aliphatic hydroxyl groups is 1. The smallest absolute Gasteiger partial charge is 0.226 e. The molecule has 0 atom stereocenters. The number of carbonyl (C=O) groups excluding carboxylic acids is 1. The lowest BCUT2D eigenvalue weighted by Gasteiger charge is -2.39. The van der Waals surface area contributed by atoms with Crippen LogP contribution in [0.3, 0.4) is 0 Å². The van der Waals surface area contributed by atoms with E-state index in [1.54, 1.807) is 6.33 Å². The van der Waals surface area contributed by atoms with E-state index in [4.69, 9.17) is 0 Å². The van der Waals surface area contributed by atoms with Gasteiger partial charge < -0.3 is 15.3 Å². The molecule has 3 heterocycles. The minimum atomic E-state index is -0.0429. The largest absolute Gasteiger partial charge is 0.395 e. The lowest BCUT2D eigenvalue weighted by Crippen LogP contribution is -2.54. The normalized spacial score (nSPS) is 16.8. The molecule has 6 rings (SSSR count). The summed E-state index contributed by atoms with van der Waals surface area (Å²) in [7, 11) is 0. The SMILES string of the molecule is Cc1ccc(CNC(=O)C2CN(c3ncnn4cc(-c5ccc(C6(CO)CC6)cc5)cc34)C2)cc1. The number of rotatable bonds is 7. The summed E-state index contributed by atoms with van der Waals surface area (Å²) in [5, 5.41) is 17.2. The number of hydrogen-bond donors (Lipinski definition) is 2. The highest BCUT2D eigenvalue weighted by Crippen LogP contribution is 2.47. The Bertz CT molecular complexity index is 1370. The Morgan fingerprint density at radius 3 is 2.51 bits per heavy atom. The van der Waals surface area contributed by atoms with Crippen LogP contribution in [-0.2, 0) is 16.8 Å². The lowest BCUT2D eigenvalue weighted by atomic mass is 9.95. The predicted molar refractivity (Wildman–Crippen MR) is 135 cm³/mol. The van der Waals surface area contributed by atoms with Crippen molar-refractivity contribution in [2.45, 2.75) is 31.7 Å². The molecule has 1 amide bonds. The monoisotopic (exact) mass is 467 g/mol. The number of nitrogens with one attached hydrogen (secondary N) is 1. The first-order chi connectivity index (χ1) is 17.0. The summed E-state index contributed by atoms with van der Waals surface area (Å²) in [5.41, 5.74) is 6.61. The fourth-order valence-electron chi connectivity index (χ4n) is 4.88. The zero-order valence-corrected chi connectivity index (χ0v) is 19.8. The van der Waals surface area contributed by atoms with Crippen molar-refractivity contribution >= 4 is 17.2 Å². The molecule has 1 aliphatic heterocycles. The molecule has 1 saturated heterocycles. The Labute approximate surface area is 204 Å². The Balaban J connectivity index is 1.13. The third-order valence-corrected chi connectivity index (χ3v) is 7.51. The van der Waals surface area contributed by atoms with Gasteiger partial charge in [-0.3, -0.25) is 4.79 Å². The minimum absolute atomic E-state index is 0.0247. The van der Waals surface area contributed by atoms with Gasteiger partial charge in [0.1, 0.15) is 11.8 Å². The van der Waals surface area contributed by atoms with Crippen LogP contribution in [0.1, 0.15) is 29.5 Å². The van der Waals surface area contributed by atoms with Crippen molar-refractivity contribution in [3.8, 4) is 11.1 Å². The zero-order valence-electron chi connectivity index (χ0n) is 19.8. The molecule has 2 N–H and O–H groups in total. The first-order valence-electron chi connectivity index (χ1n) is 12.2. The van der Waals surface area contributed by atoms with Crippen molar-refractivity contribution in [3.05, 3.63) is 83.8 Å². The van der Waals surface area contributed by atoms with Gasteiger partial charge in [0.15, 0.2) is 5.82 Å². The number of aromatic nitrogens is 3. The summed E-state index contributed by atoms with van der Waals surface area (Å²) in [6, 6.07) is 18.8. The number of carbonyl (C=O) groups is 1. The van der Waals surface area contributed by atoms with Crippen molar-refractivity contribution in [1.82, 2.24) is 19.9 Å². The van der Waals surface area contributed by atoms with Crippen LogP contribution in [0.2, 0.25) is 0 Å².